The van der Waals surface area contributed by atoms with Gasteiger partial charge >= 0.3 is 0 Å². The Morgan fingerprint density at radius 2 is 2.19 bits per heavy atom. The van der Waals surface area contributed by atoms with Gasteiger partial charge in [-0.2, -0.15) is 0 Å². The summed E-state index contributed by atoms with van der Waals surface area (Å²) in [5, 5.41) is 13.3. The summed E-state index contributed by atoms with van der Waals surface area (Å²) >= 11 is 5.67. The average molecular weight is 243 g/mol. The van der Waals surface area contributed by atoms with Gasteiger partial charge in [-0.05, 0) is 18.6 Å². The van der Waals surface area contributed by atoms with Crippen molar-refractivity contribution in [1.29, 1.82) is 0 Å². The Morgan fingerprint density at radius 3 is 2.75 bits per heavy atom. The lowest BCUT2D eigenvalue weighted by atomic mass is 10.0. The molecule has 1 heterocycles. The topological polar surface area (TPSA) is 72.3 Å². The molecule has 0 amide bonds. The van der Waals surface area contributed by atoms with Gasteiger partial charge in [0.15, 0.2) is 0 Å². The largest absolute Gasteiger partial charge is 0.506 e. The van der Waals surface area contributed by atoms with Crippen molar-refractivity contribution < 1.29 is 14.0 Å². The van der Waals surface area contributed by atoms with Crippen molar-refractivity contribution in [1.82, 2.24) is 5.16 Å². The minimum Gasteiger partial charge on any atom is -0.506 e. The van der Waals surface area contributed by atoms with E-state index >= 15 is 0 Å². The summed E-state index contributed by atoms with van der Waals surface area (Å²) in [7, 11) is 0. The Balaban J connectivity index is 2.73. The van der Waals surface area contributed by atoms with E-state index in [1.807, 2.05) is 0 Å². The number of nitrogens with zero attached hydrogens (tertiary/aromatic N) is 1. The number of aromatic hydroxyl groups is 1. The van der Waals surface area contributed by atoms with Gasteiger partial charge in [0.1, 0.15) is 17.3 Å². The van der Waals surface area contributed by atoms with Crippen LogP contribution in [0.1, 0.15) is 5.56 Å². The zero-order valence-electron chi connectivity index (χ0n) is 8.29. The van der Waals surface area contributed by atoms with Crippen LogP contribution >= 0.6 is 11.6 Å². The van der Waals surface area contributed by atoms with Crippen LogP contribution in [0.3, 0.4) is 0 Å². The van der Waals surface area contributed by atoms with Crippen molar-refractivity contribution in [3.8, 4) is 17.0 Å². The fraction of sp³-hybridized carbons (Fsp3) is 0.100. The predicted molar refractivity (Wildman–Crippen MR) is 57.7 cm³/mol. The van der Waals surface area contributed by atoms with Crippen LogP contribution in [0.5, 0.6) is 5.75 Å². The summed E-state index contributed by atoms with van der Waals surface area (Å²) in [5.74, 6) is -0.692. The Hall–Kier alpha value is -1.75. The zero-order chi connectivity index (χ0) is 11.9. The minimum absolute atomic E-state index is 0.0779. The number of halogens is 2. The molecule has 2 rings (SSSR count). The third-order valence-corrected chi connectivity index (χ3v) is 2.52. The molecule has 1 aromatic heterocycles. The maximum atomic E-state index is 13.4. The zero-order valence-corrected chi connectivity index (χ0v) is 9.05. The maximum absolute atomic E-state index is 13.4. The highest BCUT2D eigenvalue weighted by Gasteiger charge is 2.18. The second-order valence-electron chi connectivity index (χ2n) is 3.30. The third-order valence-electron chi connectivity index (χ3n) is 2.23. The molecular weight excluding hydrogens is 235 g/mol. The van der Waals surface area contributed by atoms with E-state index in [4.69, 9.17) is 17.3 Å². The second kappa shape index (κ2) is 3.68. The predicted octanol–water partition coefficient (Wildman–Crippen LogP) is 2.73. The number of nitrogen functional groups attached to an aromatic ring is 1. The number of rotatable bonds is 1. The number of benzene rings is 1. The van der Waals surface area contributed by atoms with Crippen LogP contribution in [0.15, 0.2) is 16.7 Å². The quantitative estimate of drug-likeness (QED) is 0.807. The summed E-state index contributed by atoms with van der Waals surface area (Å²) in [6.45, 7) is 1.51. The van der Waals surface area contributed by atoms with Crippen molar-refractivity contribution in [3.63, 3.8) is 0 Å². The van der Waals surface area contributed by atoms with Gasteiger partial charge in [-0.15, -0.1) is 0 Å². The summed E-state index contributed by atoms with van der Waals surface area (Å²) in [4.78, 5) is 0. The molecule has 0 atom stereocenters. The van der Waals surface area contributed by atoms with Gasteiger partial charge in [0, 0.05) is 6.07 Å². The van der Waals surface area contributed by atoms with E-state index in [1.165, 1.54) is 13.0 Å². The molecule has 0 radical (unpaired) electrons. The summed E-state index contributed by atoms with van der Waals surface area (Å²) < 4.78 is 18.1. The van der Waals surface area contributed by atoms with Crippen molar-refractivity contribution >= 4 is 17.5 Å². The van der Waals surface area contributed by atoms with Crippen LogP contribution in [-0.4, -0.2) is 10.3 Å². The number of hydrogen-bond acceptors (Lipinski definition) is 4. The highest BCUT2D eigenvalue weighted by molar-refractivity contribution is 6.32. The van der Waals surface area contributed by atoms with Crippen LogP contribution in [0.25, 0.3) is 11.3 Å². The van der Waals surface area contributed by atoms with Crippen molar-refractivity contribution in [2.45, 2.75) is 6.92 Å². The molecule has 0 saturated carbocycles. The van der Waals surface area contributed by atoms with Crippen molar-refractivity contribution in [2.24, 2.45) is 0 Å². The lowest BCUT2D eigenvalue weighted by Gasteiger charge is -2.07. The number of hydrogen-bond donors (Lipinski definition) is 2. The van der Waals surface area contributed by atoms with E-state index in [-0.39, 0.29) is 33.5 Å². The van der Waals surface area contributed by atoms with E-state index in [1.54, 1.807) is 0 Å². The summed E-state index contributed by atoms with van der Waals surface area (Å²) in [6, 6.07) is 2.43. The van der Waals surface area contributed by atoms with Crippen molar-refractivity contribution in [2.75, 3.05) is 5.73 Å². The molecule has 0 aliphatic heterocycles. The fourth-order valence-corrected chi connectivity index (χ4v) is 1.62. The Morgan fingerprint density at radius 1 is 1.50 bits per heavy atom. The molecule has 0 bridgehead atoms. The van der Waals surface area contributed by atoms with Gasteiger partial charge in [-0.1, -0.05) is 16.8 Å². The fourth-order valence-electron chi connectivity index (χ4n) is 1.42. The molecule has 4 nitrogen and oxygen atoms in total. The lowest BCUT2D eigenvalue weighted by molar-refractivity contribution is 0.437. The van der Waals surface area contributed by atoms with Gasteiger partial charge in [-0.3, -0.25) is 0 Å². The molecule has 0 aliphatic rings. The molecular formula is C10H8ClFN2O2. The monoisotopic (exact) mass is 242 g/mol. The van der Waals surface area contributed by atoms with E-state index in [0.717, 1.165) is 6.07 Å². The first kappa shape index (κ1) is 10.8. The van der Waals surface area contributed by atoms with E-state index in [0.29, 0.717) is 0 Å². The smallest absolute Gasteiger partial charge is 0.222 e. The molecule has 0 fully saturated rings. The number of nitrogens with two attached hydrogens (primary N) is 1. The van der Waals surface area contributed by atoms with Gasteiger partial charge < -0.3 is 15.4 Å². The maximum Gasteiger partial charge on any atom is 0.222 e. The molecule has 3 N–H and O–H groups in total. The van der Waals surface area contributed by atoms with Crippen LogP contribution < -0.4 is 5.73 Å². The first-order chi connectivity index (χ1) is 7.50. The molecule has 0 unspecified atom stereocenters. The van der Waals surface area contributed by atoms with Crippen LogP contribution in [0, 0.1) is 12.7 Å². The SMILES string of the molecule is Cc1c(F)cc(Cl)c(O)c1-c1cc(N)on1. The van der Waals surface area contributed by atoms with E-state index < -0.39 is 5.82 Å². The van der Waals surface area contributed by atoms with Crippen LogP contribution in [-0.2, 0) is 0 Å². The standard InChI is InChI=1S/C10H8ClFN2O2/c1-4-6(12)2-5(11)10(15)9(4)7-3-8(13)16-14-7/h2-3,15H,13H2,1H3. The minimum atomic E-state index is -0.528. The Bertz CT molecular complexity index is 528. The normalized spacial score (nSPS) is 10.7. The molecule has 6 heteroatoms. The van der Waals surface area contributed by atoms with Crippen molar-refractivity contribution in [3.05, 3.63) is 28.5 Å². The second-order valence-corrected chi connectivity index (χ2v) is 3.71. The van der Waals surface area contributed by atoms with Gasteiger partial charge in [0.05, 0.1) is 10.6 Å². The average Bonchev–Trinajstić information content (AvgIpc) is 2.62. The van der Waals surface area contributed by atoms with Crippen LogP contribution in [0.4, 0.5) is 10.3 Å². The molecule has 2 aromatic rings. The van der Waals surface area contributed by atoms with E-state index in [2.05, 4.69) is 9.68 Å². The first-order valence-corrected chi connectivity index (χ1v) is 4.78. The number of anilines is 1. The van der Waals surface area contributed by atoms with Gasteiger partial charge in [0.25, 0.3) is 0 Å². The van der Waals surface area contributed by atoms with Gasteiger partial charge in [-0.25, -0.2) is 4.39 Å². The molecule has 84 valence electrons. The Labute approximate surface area is 95.4 Å². The van der Waals surface area contributed by atoms with E-state index in [9.17, 15) is 9.50 Å². The summed E-state index contributed by atoms with van der Waals surface area (Å²) in [6.07, 6.45) is 0. The first-order valence-electron chi connectivity index (χ1n) is 4.41. The van der Waals surface area contributed by atoms with Crippen LogP contribution in [0.2, 0.25) is 5.02 Å². The molecule has 16 heavy (non-hydrogen) atoms. The number of phenolic OH excluding ortho intramolecular Hbond substituents is 1. The molecule has 0 aliphatic carbocycles. The highest BCUT2D eigenvalue weighted by atomic mass is 35.5. The lowest BCUT2D eigenvalue weighted by Crippen LogP contribution is -1.90. The van der Waals surface area contributed by atoms with Gasteiger partial charge in [0.2, 0.25) is 5.88 Å². The number of phenols is 1. The Kier molecular flexibility index (Phi) is 2.47. The molecule has 1 aromatic carbocycles. The highest BCUT2D eigenvalue weighted by Crippen LogP contribution is 2.39. The summed E-state index contributed by atoms with van der Waals surface area (Å²) in [5.41, 5.74) is 6.02. The number of aromatic nitrogens is 1. The third kappa shape index (κ3) is 1.59. The molecule has 0 spiro atoms. The molecule has 0 saturated heterocycles.